The fraction of sp³-hybridized carbons (Fsp3) is 0.625. The molecule has 21 heavy (non-hydrogen) atoms. The SMILES string of the molecule is CCOC(=O)c1cc(N(CC)CC(CC)CC)ncc1N. The van der Waals surface area contributed by atoms with Crippen molar-refractivity contribution in [3.8, 4) is 0 Å². The van der Waals surface area contributed by atoms with Crippen molar-refractivity contribution < 1.29 is 9.53 Å². The molecule has 5 nitrogen and oxygen atoms in total. The lowest BCUT2D eigenvalue weighted by molar-refractivity contribution is 0.0527. The van der Waals surface area contributed by atoms with Crippen molar-refractivity contribution in [2.24, 2.45) is 5.92 Å². The summed E-state index contributed by atoms with van der Waals surface area (Å²) in [7, 11) is 0. The number of nitrogens with zero attached hydrogens (tertiary/aromatic N) is 2. The molecule has 1 rings (SSSR count). The van der Waals surface area contributed by atoms with Crippen LogP contribution in [0.1, 0.15) is 50.9 Å². The van der Waals surface area contributed by atoms with Gasteiger partial charge >= 0.3 is 5.97 Å². The highest BCUT2D eigenvalue weighted by atomic mass is 16.5. The van der Waals surface area contributed by atoms with Crippen LogP contribution in [-0.2, 0) is 4.74 Å². The molecule has 0 radical (unpaired) electrons. The second-order valence-electron chi connectivity index (χ2n) is 5.07. The number of nitrogen functional groups attached to an aromatic ring is 1. The number of esters is 1. The lowest BCUT2D eigenvalue weighted by Gasteiger charge is -2.26. The van der Waals surface area contributed by atoms with Gasteiger partial charge in [-0.05, 0) is 25.8 Å². The van der Waals surface area contributed by atoms with E-state index in [1.807, 2.05) is 0 Å². The minimum atomic E-state index is -0.391. The van der Waals surface area contributed by atoms with Crippen LogP contribution in [-0.4, -0.2) is 30.6 Å². The molecule has 0 saturated heterocycles. The van der Waals surface area contributed by atoms with Gasteiger partial charge in [0.2, 0.25) is 0 Å². The van der Waals surface area contributed by atoms with Crippen molar-refractivity contribution in [3.63, 3.8) is 0 Å². The Labute approximate surface area is 127 Å². The zero-order valence-corrected chi connectivity index (χ0v) is 13.6. The highest BCUT2D eigenvalue weighted by Gasteiger charge is 2.17. The molecule has 1 aromatic heterocycles. The summed E-state index contributed by atoms with van der Waals surface area (Å²) in [6.07, 6.45) is 3.80. The molecule has 1 aromatic rings. The number of carbonyl (C=O) groups excluding carboxylic acids is 1. The van der Waals surface area contributed by atoms with Crippen LogP contribution in [0.5, 0.6) is 0 Å². The summed E-state index contributed by atoms with van der Waals surface area (Å²) in [5.41, 5.74) is 6.58. The Hall–Kier alpha value is -1.78. The van der Waals surface area contributed by atoms with Gasteiger partial charge < -0.3 is 15.4 Å². The van der Waals surface area contributed by atoms with E-state index in [0.29, 0.717) is 23.8 Å². The third-order valence-corrected chi connectivity index (χ3v) is 3.75. The van der Waals surface area contributed by atoms with Crippen molar-refractivity contribution in [1.82, 2.24) is 4.98 Å². The van der Waals surface area contributed by atoms with Crippen molar-refractivity contribution in [1.29, 1.82) is 0 Å². The van der Waals surface area contributed by atoms with Gasteiger partial charge in [0.05, 0.1) is 24.1 Å². The summed E-state index contributed by atoms with van der Waals surface area (Å²) in [5.74, 6) is 1.01. The molecule has 118 valence electrons. The number of carbonyl (C=O) groups is 1. The molecule has 0 fully saturated rings. The van der Waals surface area contributed by atoms with Crippen LogP contribution in [0.2, 0.25) is 0 Å². The van der Waals surface area contributed by atoms with Crippen LogP contribution in [0.4, 0.5) is 11.5 Å². The van der Waals surface area contributed by atoms with Gasteiger partial charge in [0, 0.05) is 13.1 Å². The van der Waals surface area contributed by atoms with E-state index in [1.165, 1.54) is 6.20 Å². The van der Waals surface area contributed by atoms with E-state index in [2.05, 4.69) is 30.7 Å². The van der Waals surface area contributed by atoms with E-state index in [-0.39, 0.29) is 0 Å². The minimum absolute atomic E-state index is 0.334. The number of pyridine rings is 1. The Bertz CT molecular complexity index is 459. The second kappa shape index (κ2) is 8.49. The fourth-order valence-corrected chi connectivity index (χ4v) is 2.26. The predicted octanol–water partition coefficient (Wildman–Crippen LogP) is 3.10. The van der Waals surface area contributed by atoms with Gasteiger partial charge in [0.1, 0.15) is 5.82 Å². The monoisotopic (exact) mass is 293 g/mol. The molecule has 0 atom stereocenters. The lowest BCUT2D eigenvalue weighted by atomic mass is 10.0. The quantitative estimate of drug-likeness (QED) is 0.746. The van der Waals surface area contributed by atoms with Gasteiger partial charge in [0.25, 0.3) is 0 Å². The number of aromatic nitrogens is 1. The average Bonchev–Trinajstić information content (AvgIpc) is 2.49. The first-order valence-corrected chi connectivity index (χ1v) is 7.74. The summed E-state index contributed by atoms with van der Waals surface area (Å²) in [5, 5.41) is 0. The zero-order chi connectivity index (χ0) is 15.8. The summed E-state index contributed by atoms with van der Waals surface area (Å²) in [6.45, 7) is 10.4. The number of rotatable bonds is 8. The van der Waals surface area contributed by atoms with Crippen LogP contribution < -0.4 is 10.6 Å². The minimum Gasteiger partial charge on any atom is -0.462 e. The topological polar surface area (TPSA) is 68.5 Å². The highest BCUT2D eigenvalue weighted by molar-refractivity contribution is 5.95. The van der Waals surface area contributed by atoms with E-state index in [4.69, 9.17) is 10.5 Å². The van der Waals surface area contributed by atoms with Crippen LogP contribution in [0, 0.1) is 5.92 Å². The van der Waals surface area contributed by atoms with Crippen molar-refractivity contribution in [2.45, 2.75) is 40.5 Å². The number of ether oxygens (including phenoxy) is 1. The maximum absolute atomic E-state index is 11.9. The summed E-state index contributed by atoms with van der Waals surface area (Å²) in [6, 6.07) is 1.74. The van der Waals surface area contributed by atoms with Gasteiger partial charge in [0.15, 0.2) is 0 Å². The first-order valence-electron chi connectivity index (χ1n) is 7.74. The first-order chi connectivity index (χ1) is 10.1. The van der Waals surface area contributed by atoms with Crippen LogP contribution in [0.3, 0.4) is 0 Å². The third kappa shape index (κ3) is 4.62. The fourth-order valence-electron chi connectivity index (χ4n) is 2.26. The highest BCUT2D eigenvalue weighted by Crippen LogP contribution is 2.21. The first kappa shape index (κ1) is 17.3. The summed E-state index contributed by atoms with van der Waals surface area (Å²) < 4.78 is 5.04. The summed E-state index contributed by atoms with van der Waals surface area (Å²) >= 11 is 0. The van der Waals surface area contributed by atoms with E-state index in [0.717, 1.165) is 31.7 Å². The number of hydrogen-bond acceptors (Lipinski definition) is 5. The molecule has 0 aromatic carbocycles. The maximum atomic E-state index is 11.9. The molecular weight excluding hydrogens is 266 g/mol. The Kier molecular flexibility index (Phi) is 6.99. The molecule has 0 amide bonds. The molecule has 1 heterocycles. The van der Waals surface area contributed by atoms with Crippen LogP contribution in [0.15, 0.2) is 12.3 Å². The molecule has 5 heteroatoms. The third-order valence-electron chi connectivity index (χ3n) is 3.75. The molecule has 0 aliphatic rings. The zero-order valence-electron chi connectivity index (χ0n) is 13.6. The Morgan fingerprint density at radius 3 is 2.52 bits per heavy atom. The van der Waals surface area contributed by atoms with Gasteiger partial charge in [-0.2, -0.15) is 0 Å². The van der Waals surface area contributed by atoms with E-state index >= 15 is 0 Å². The molecule has 2 N–H and O–H groups in total. The van der Waals surface area contributed by atoms with Crippen molar-refractivity contribution in [2.75, 3.05) is 30.3 Å². The number of nitrogens with two attached hydrogens (primary N) is 1. The molecule has 0 saturated carbocycles. The standard InChI is InChI=1S/C16H27N3O2/c1-5-12(6-2)11-19(7-3)15-9-13(14(17)10-18-15)16(20)21-8-4/h9-10,12H,5-8,11,17H2,1-4H3. The number of hydrogen-bond donors (Lipinski definition) is 1. The van der Waals surface area contributed by atoms with Gasteiger partial charge in [-0.1, -0.05) is 26.7 Å². The van der Waals surface area contributed by atoms with E-state index in [9.17, 15) is 4.79 Å². The molecular formula is C16H27N3O2. The Morgan fingerprint density at radius 1 is 1.33 bits per heavy atom. The van der Waals surface area contributed by atoms with Crippen molar-refractivity contribution >= 4 is 17.5 Å². The van der Waals surface area contributed by atoms with Gasteiger partial charge in [-0.3, -0.25) is 0 Å². The second-order valence-corrected chi connectivity index (χ2v) is 5.07. The van der Waals surface area contributed by atoms with E-state index < -0.39 is 5.97 Å². The summed E-state index contributed by atoms with van der Waals surface area (Å²) in [4.78, 5) is 18.5. The smallest absolute Gasteiger partial charge is 0.340 e. The average molecular weight is 293 g/mol. The largest absolute Gasteiger partial charge is 0.462 e. The van der Waals surface area contributed by atoms with Crippen molar-refractivity contribution in [3.05, 3.63) is 17.8 Å². The molecule has 0 unspecified atom stereocenters. The molecule has 0 spiro atoms. The lowest BCUT2D eigenvalue weighted by Crippen LogP contribution is -2.30. The predicted molar refractivity (Wildman–Crippen MR) is 86.6 cm³/mol. The van der Waals surface area contributed by atoms with E-state index in [1.54, 1.807) is 13.0 Å². The van der Waals surface area contributed by atoms with Gasteiger partial charge in [-0.15, -0.1) is 0 Å². The normalized spacial score (nSPS) is 10.7. The molecule has 0 aliphatic heterocycles. The van der Waals surface area contributed by atoms with Gasteiger partial charge in [-0.25, -0.2) is 9.78 Å². The number of anilines is 2. The molecule has 0 bridgehead atoms. The van der Waals surface area contributed by atoms with Crippen LogP contribution in [0.25, 0.3) is 0 Å². The maximum Gasteiger partial charge on any atom is 0.340 e. The Balaban J connectivity index is 3.00. The molecule has 0 aliphatic carbocycles. The Morgan fingerprint density at radius 2 is 2.00 bits per heavy atom. The van der Waals surface area contributed by atoms with Crippen LogP contribution >= 0.6 is 0 Å².